The third kappa shape index (κ3) is 3.20. The van der Waals surface area contributed by atoms with Crippen LogP contribution in [0.2, 0.25) is 0 Å². The van der Waals surface area contributed by atoms with Gasteiger partial charge >= 0.3 is 6.18 Å². The van der Waals surface area contributed by atoms with E-state index in [0.29, 0.717) is 0 Å². The van der Waals surface area contributed by atoms with Crippen molar-refractivity contribution in [2.45, 2.75) is 25.6 Å². The maximum absolute atomic E-state index is 12.8. The molecular formula is C10H10F4O. The second-order valence-corrected chi connectivity index (χ2v) is 3.35. The van der Waals surface area contributed by atoms with Gasteiger partial charge in [0.25, 0.3) is 0 Å². The Morgan fingerprint density at radius 1 is 1.33 bits per heavy atom. The SMILES string of the molecule is Cc1cc(CC(O)C(F)(F)F)ccc1F. The third-order valence-corrected chi connectivity index (χ3v) is 2.03. The van der Waals surface area contributed by atoms with Crippen molar-refractivity contribution in [1.82, 2.24) is 0 Å². The van der Waals surface area contributed by atoms with Crippen molar-refractivity contribution in [1.29, 1.82) is 0 Å². The summed E-state index contributed by atoms with van der Waals surface area (Å²) in [5, 5.41) is 8.78. The molecule has 0 amide bonds. The summed E-state index contributed by atoms with van der Waals surface area (Å²) in [5.74, 6) is -0.472. The Bertz CT molecular complexity index is 346. The second kappa shape index (κ2) is 4.18. The highest BCUT2D eigenvalue weighted by atomic mass is 19.4. The van der Waals surface area contributed by atoms with E-state index in [1.807, 2.05) is 0 Å². The van der Waals surface area contributed by atoms with Gasteiger partial charge in [-0.2, -0.15) is 13.2 Å². The van der Waals surface area contributed by atoms with E-state index < -0.39 is 24.5 Å². The van der Waals surface area contributed by atoms with E-state index >= 15 is 0 Å². The fourth-order valence-corrected chi connectivity index (χ4v) is 1.17. The second-order valence-electron chi connectivity index (χ2n) is 3.35. The van der Waals surface area contributed by atoms with Gasteiger partial charge in [-0.1, -0.05) is 12.1 Å². The fraction of sp³-hybridized carbons (Fsp3) is 0.400. The Morgan fingerprint density at radius 3 is 2.40 bits per heavy atom. The summed E-state index contributed by atoms with van der Waals surface area (Å²) < 4.78 is 48.8. The van der Waals surface area contributed by atoms with E-state index in [1.54, 1.807) is 0 Å². The Labute approximate surface area is 84.3 Å². The summed E-state index contributed by atoms with van der Waals surface area (Å²) in [6.07, 6.45) is -7.59. The van der Waals surface area contributed by atoms with Crippen LogP contribution in [0.4, 0.5) is 17.6 Å². The van der Waals surface area contributed by atoms with Gasteiger partial charge in [0.1, 0.15) is 5.82 Å². The molecule has 0 saturated heterocycles. The Hall–Kier alpha value is -1.10. The largest absolute Gasteiger partial charge is 0.414 e. The molecule has 1 unspecified atom stereocenters. The first kappa shape index (κ1) is 12.0. The number of rotatable bonds is 2. The number of hydrogen-bond acceptors (Lipinski definition) is 1. The highest BCUT2D eigenvalue weighted by Gasteiger charge is 2.37. The smallest absolute Gasteiger partial charge is 0.383 e. The summed E-state index contributed by atoms with van der Waals surface area (Å²) in [6.45, 7) is 1.46. The molecule has 0 aliphatic carbocycles. The van der Waals surface area contributed by atoms with E-state index in [0.717, 1.165) is 6.07 Å². The zero-order valence-electron chi connectivity index (χ0n) is 7.98. The van der Waals surface area contributed by atoms with Crippen molar-refractivity contribution in [2.75, 3.05) is 0 Å². The number of hydrogen-bond donors (Lipinski definition) is 1. The molecule has 0 aliphatic heterocycles. The molecular weight excluding hydrogens is 212 g/mol. The highest BCUT2D eigenvalue weighted by molar-refractivity contribution is 5.24. The molecule has 0 aliphatic rings. The number of halogens is 4. The average Bonchev–Trinajstić information content (AvgIpc) is 2.10. The number of aliphatic hydroxyl groups is 1. The lowest BCUT2D eigenvalue weighted by Crippen LogP contribution is -2.30. The topological polar surface area (TPSA) is 20.2 Å². The van der Waals surface area contributed by atoms with Gasteiger partial charge in [-0.25, -0.2) is 4.39 Å². The number of aliphatic hydroxyl groups excluding tert-OH is 1. The van der Waals surface area contributed by atoms with Crippen LogP contribution in [0.5, 0.6) is 0 Å². The first-order valence-corrected chi connectivity index (χ1v) is 4.30. The van der Waals surface area contributed by atoms with Gasteiger partial charge in [0.15, 0.2) is 6.10 Å². The third-order valence-electron chi connectivity index (χ3n) is 2.03. The molecule has 0 bridgehead atoms. The molecule has 1 aromatic rings. The Morgan fingerprint density at radius 2 is 1.93 bits per heavy atom. The lowest BCUT2D eigenvalue weighted by molar-refractivity contribution is -0.203. The zero-order valence-corrected chi connectivity index (χ0v) is 7.98. The Kier molecular flexibility index (Phi) is 3.34. The molecule has 0 spiro atoms. The first-order chi connectivity index (χ1) is 6.80. The van der Waals surface area contributed by atoms with Crippen LogP contribution in [-0.4, -0.2) is 17.4 Å². The summed E-state index contributed by atoms with van der Waals surface area (Å²) in [4.78, 5) is 0. The molecule has 0 heterocycles. The lowest BCUT2D eigenvalue weighted by Gasteiger charge is -2.14. The molecule has 1 aromatic carbocycles. The molecule has 1 rings (SSSR count). The van der Waals surface area contributed by atoms with E-state index in [9.17, 15) is 17.6 Å². The van der Waals surface area contributed by atoms with Gasteiger partial charge in [0.05, 0.1) is 0 Å². The van der Waals surface area contributed by atoms with E-state index in [1.165, 1.54) is 19.1 Å². The molecule has 1 atom stereocenters. The van der Waals surface area contributed by atoms with Crippen molar-refractivity contribution in [3.63, 3.8) is 0 Å². The maximum atomic E-state index is 12.8. The van der Waals surface area contributed by atoms with Crippen LogP contribution in [-0.2, 0) is 6.42 Å². The molecule has 1 N–H and O–H groups in total. The van der Waals surface area contributed by atoms with Crippen molar-refractivity contribution in [3.05, 3.63) is 35.1 Å². The minimum Gasteiger partial charge on any atom is -0.383 e. The molecule has 5 heteroatoms. The standard InChI is InChI=1S/C10H10F4O/c1-6-4-7(2-3-8(6)11)5-9(15)10(12,13)14/h2-4,9,15H,5H2,1H3. The van der Waals surface area contributed by atoms with Gasteiger partial charge < -0.3 is 5.11 Å². The molecule has 84 valence electrons. The Balaban J connectivity index is 2.78. The summed E-state index contributed by atoms with van der Waals surface area (Å²) >= 11 is 0. The van der Waals surface area contributed by atoms with Gasteiger partial charge in [-0.15, -0.1) is 0 Å². The lowest BCUT2D eigenvalue weighted by atomic mass is 10.1. The molecule has 0 aromatic heterocycles. The van der Waals surface area contributed by atoms with Crippen LogP contribution >= 0.6 is 0 Å². The van der Waals surface area contributed by atoms with Crippen LogP contribution in [0.3, 0.4) is 0 Å². The molecule has 15 heavy (non-hydrogen) atoms. The average molecular weight is 222 g/mol. The number of alkyl halides is 3. The van der Waals surface area contributed by atoms with Gasteiger partial charge in [-0.3, -0.25) is 0 Å². The maximum Gasteiger partial charge on any atom is 0.414 e. The monoisotopic (exact) mass is 222 g/mol. The van der Waals surface area contributed by atoms with Crippen molar-refractivity contribution >= 4 is 0 Å². The number of benzene rings is 1. The fourth-order valence-electron chi connectivity index (χ4n) is 1.17. The molecule has 0 radical (unpaired) electrons. The van der Waals surface area contributed by atoms with E-state index in [2.05, 4.69) is 0 Å². The minimum atomic E-state index is -4.64. The summed E-state index contributed by atoms with van der Waals surface area (Å²) in [7, 11) is 0. The van der Waals surface area contributed by atoms with Crippen molar-refractivity contribution in [3.8, 4) is 0 Å². The highest BCUT2D eigenvalue weighted by Crippen LogP contribution is 2.23. The van der Waals surface area contributed by atoms with Gasteiger partial charge in [0.2, 0.25) is 0 Å². The van der Waals surface area contributed by atoms with Crippen LogP contribution < -0.4 is 0 Å². The van der Waals surface area contributed by atoms with Crippen LogP contribution in [0.1, 0.15) is 11.1 Å². The quantitative estimate of drug-likeness (QED) is 0.762. The molecule has 0 saturated carbocycles. The first-order valence-electron chi connectivity index (χ1n) is 4.30. The van der Waals surface area contributed by atoms with Crippen LogP contribution in [0.15, 0.2) is 18.2 Å². The van der Waals surface area contributed by atoms with Crippen molar-refractivity contribution in [2.24, 2.45) is 0 Å². The van der Waals surface area contributed by atoms with E-state index in [4.69, 9.17) is 5.11 Å². The molecule has 1 nitrogen and oxygen atoms in total. The predicted molar refractivity (Wildman–Crippen MR) is 46.9 cm³/mol. The van der Waals surface area contributed by atoms with Gasteiger partial charge in [0, 0.05) is 6.42 Å². The minimum absolute atomic E-state index is 0.263. The normalized spacial score (nSPS) is 14.0. The summed E-state index contributed by atoms with van der Waals surface area (Å²) in [5.41, 5.74) is 0.528. The number of aryl methyl sites for hydroxylation is 1. The molecule has 0 fully saturated rings. The van der Waals surface area contributed by atoms with Crippen LogP contribution in [0, 0.1) is 12.7 Å². The zero-order chi connectivity index (χ0) is 11.6. The predicted octanol–water partition coefficient (Wildman–Crippen LogP) is 2.60. The van der Waals surface area contributed by atoms with Gasteiger partial charge in [-0.05, 0) is 24.1 Å². The van der Waals surface area contributed by atoms with Crippen molar-refractivity contribution < 1.29 is 22.7 Å². The summed E-state index contributed by atoms with van der Waals surface area (Å²) in [6, 6.07) is 3.62. The van der Waals surface area contributed by atoms with Crippen LogP contribution in [0.25, 0.3) is 0 Å². The van der Waals surface area contributed by atoms with E-state index in [-0.39, 0.29) is 11.1 Å².